The third kappa shape index (κ3) is 6.84. The van der Waals surface area contributed by atoms with Crippen molar-refractivity contribution in [1.82, 2.24) is 15.1 Å². The molecule has 168 valence electrons. The van der Waals surface area contributed by atoms with Crippen LogP contribution in [-0.2, 0) is 9.47 Å². The third-order valence-corrected chi connectivity index (χ3v) is 6.17. The molecule has 0 aliphatic carbocycles. The van der Waals surface area contributed by atoms with E-state index in [9.17, 15) is 0 Å². The van der Waals surface area contributed by atoms with E-state index in [1.54, 1.807) is 7.11 Å². The van der Waals surface area contributed by atoms with Gasteiger partial charge in [0.25, 0.3) is 0 Å². The molecule has 2 saturated heterocycles. The Hall–Kier alpha value is -1.34. The molecule has 0 amide bonds. The standard InChI is InChI=1S/C23H37ClN4O2/c1-3-25-23(28-12-9-19(17-28)18-30-14-13-29-2)26-16-22(27-10-4-5-11-27)20-7-6-8-21(24)15-20/h6-8,15,19,22H,3-5,9-14,16-18H2,1-2H3,(H,25,26). The van der Waals surface area contributed by atoms with E-state index in [0.717, 1.165) is 63.3 Å². The van der Waals surface area contributed by atoms with Crippen molar-refractivity contribution in [3.8, 4) is 0 Å². The van der Waals surface area contributed by atoms with Crippen LogP contribution in [0.5, 0.6) is 0 Å². The van der Waals surface area contributed by atoms with Gasteiger partial charge in [0.15, 0.2) is 5.96 Å². The van der Waals surface area contributed by atoms with Crippen LogP contribution in [-0.4, -0.2) is 82.0 Å². The first-order valence-electron chi connectivity index (χ1n) is 11.3. The van der Waals surface area contributed by atoms with Crippen LogP contribution in [0.4, 0.5) is 0 Å². The van der Waals surface area contributed by atoms with Crippen molar-refractivity contribution in [1.29, 1.82) is 0 Å². The van der Waals surface area contributed by atoms with Gasteiger partial charge >= 0.3 is 0 Å². The molecule has 0 aromatic heterocycles. The molecule has 0 saturated carbocycles. The van der Waals surface area contributed by atoms with Gasteiger partial charge < -0.3 is 19.7 Å². The van der Waals surface area contributed by atoms with Crippen LogP contribution in [0.1, 0.15) is 37.8 Å². The van der Waals surface area contributed by atoms with Crippen LogP contribution in [0.25, 0.3) is 0 Å². The Kier molecular flexibility index (Phi) is 9.72. The number of nitrogens with one attached hydrogen (secondary N) is 1. The molecule has 2 atom stereocenters. The van der Waals surface area contributed by atoms with Crippen LogP contribution in [0.15, 0.2) is 29.3 Å². The van der Waals surface area contributed by atoms with E-state index in [1.165, 1.54) is 18.4 Å². The van der Waals surface area contributed by atoms with Gasteiger partial charge in [0, 0.05) is 37.7 Å². The van der Waals surface area contributed by atoms with E-state index in [-0.39, 0.29) is 6.04 Å². The highest BCUT2D eigenvalue weighted by atomic mass is 35.5. The number of nitrogens with zero attached hydrogens (tertiary/aromatic N) is 3. The lowest BCUT2D eigenvalue weighted by Crippen LogP contribution is -2.41. The largest absolute Gasteiger partial charge is 0.382 e. The summed E-state index contributed by atoms with van der Waals surface area (Å²) < 4.78 is 10.8. The molecular formula is C23H37ClN4O2. The molecule has 2 aliphatic heterocycles. The maximum atomic E-state index is 6.29. The van der Waals surface area contributed by atoms with E-state index in [0.29, 0.717) is 19.1 Å². The first-order chi connectivity index (χ1) is 14.7. The molecule has 0 bridgehead atoms. The first-order valence-corrected chi connectivity index (χ1v) is 11.7. The predicted octanol–water partition coefficient (Wildman–Crippen LogP) is 3.43. The molecule has 2 heterocycles. The van der Waals surface area contributed by atoms with Crippen molar-refractivity contribution < 1.29 is 9.47 Å². The van der Waals surface area contributed by atoms with Crippen molar-refractivity contribution in [3.63, 3.8) is 0 Å². The molecular weight excluding hydrogens is 400 g/mol. The number of methoxy groups -OCH3 is 1. The van der Waals surface area contributed by atoms with Crippen LogP contribution < -0.4 is 5.32 Å². The number of rotatable bonds is 10. The van der Waals surface area contributed by atoms with Crippen LogP contribution >= 0.6 is 11.6 Å². The molecule has 30 heavy (non-hydrogen) atoms. The number of likely N-dealkylation sites (tertiary alicyclic amines) is 2. The van der Waals surface area contributed by atoms with Gasteiger partial charge in [0.2, 0.25) is 0 Å². The Bertz CT molecular complexity index is 666. The second-order valence-electron chi connectivity index (χ2n) is 8.18. The second-order valence-corrected chi connectivity index (χ2v) is 8.61. The highest BCUT2D eigenvalue weighted by Gasteiger charge is 2.27. The smallest absolute Gasteiger partial charge is 0.193 e. The van der Waals surface area contributed by atoms with Crippen LogP contribution in [0.2, 0.25) is 5.02 Å². The van der Waals surface area contributed by atoms with E-state index >= 15 is 0 Å². The van der Waals surface area contributed by atoms with E-state index in [1.807, 2.05) is 12.1 Å². The minimum absolute atomic E-state index is 0.274. The molecule has 1 aromatic carbocycles. The molecule has 2 fully saturated rings. The normalized spacial score (nSPS) is 21.4. The monoisotopic (exact) mass is 436 g/mol. The minimum Gasteiger partial charge on any atom is -0.382 e. The first kappa shape index (κ1) is 23.3. The fourth-order valence-corrected chi connectivity index (χ4v) is 4.55. The predicted molar refractivity (Wildman–Crippen MR) is 123 cm³/mol. The molecule has 1 N–H and O–H groups in total. The quantitative estimate of drug-likeness (QED) is 0.346. The Morgan fingerprint density at radius 3 is 2.83 bits per heavy atom. The molecule has 1 aromatic rings. The number of ether oxygens (including phenoxy) is 2. The van der Waals surface area contributed by atoms with Gasteiger partial charge in [0.05, 0.1) is 32.4 Å². The SMILES string of the molecule is CCNC(=NCC(c1cccc(Cl)c1)N1CCCC1)N1CCC(COCCOC)C1. The van der Waals surface area contributed by atoms with Crippen molar-refractivity contribution in [2.24, 2.45) is 10.9 Å². The Morgan fingerprint density at radius 2 is 2.10 bits per heavy atom. The highest BCUT2D eigenvalue weighted by Crippen LogP contribution is 2.27. The number of aliphatic imine (C=N–C) groups is 1. The molecule has 2 unspecified atom stereocenters. The fourth-order valence-electron chi connectivity index (χ4n) is 4.35. The summed E-state index contributed by atoms with van der Waals surface area (Å²) in [5.41, 5.74) is 1.26. The highest BCUT2D eigenvalue weighted by molar-refractivity contribution is 6.30. The number of benzene rings is 1. The lowest BCUT2D eigenvalue weighted by molar-refractivity contribution is 0.0536. The zero-order valence-electron chi connectivity index (χ0n) is 18.5. The average molecular weight is 437 g/mol. The molecule has 7 heteroatoms. The summed E-state index contributed by atoms with van der Waals surface area (Å²) in [6, 6.07) is 8.54. The zero-order valence-corrected chi connectivity index (χ0v) is 19.2. The minimum atomic E-state index is 0.274. The maximum Gasteiger partial charge on any atom is 0.193 e. The summed E-state index contributed by atoms with van der Waals surface area (Å²) in [4.78, 5) is 10.0. The molecule has 2 aliphatic rings. The van der Waals surface area contributed by atoms with Crippen molar-refractivity contribution in [3.05, 3.63) is 34.9 Å². The van der Waals surface area contributed by atoms with E-state index in [2.05, 4.69) is 34.2 Å². The van der Waals surface area contributed by atoms with Gasteiger partial charge in [0.1, 0.15) is 0 Å². The summed E-state index contributed by atoms with van der Waals surface area (Å²) in [5, 5.41) is 4.30. The number of hydrogen-bond acceptors (Lipinski definition) is 4. The van der Waals surface area contributed by atoms with Crippen LogP contribution in [0, 0.1) is 5.92 Å². The topological polar surface area (TPSA) is 49.3 Å². The maximum absolute atomic E-state index is 6.29. The van der Waals surface area contributed by atoms with Gasteiger partial charge in [-0.05, 0) is 57.0 Å². The Balaban J connectivity index is 1.64. The van der Waals surface area contributed by atoms with Gasteiger partial charge in [-0.25, -0.2) is 0 Å². The third-order valence-electron chi connectivity index (χ3n) is 5.93. The van der Waals surface area contributed by atoms with Gasteiger partial charge in [-0.15, -0.1) is 0 Å². The summed E-state index contributed by atoms with van der Waals surface area (Å²) in [5.74, 6) is 1.57. The zero-order chi connectivity index (χ0) is 21.2. The number of halogens is 1. The number of hydrogen-bond donors (Lipinski definition) is 1. The molecule has 0 spiro atoms. The van der Waals surface area contributed by atoms with Crippen molar-refractivity contribution >= 4 is 17.6 Å². The van der Waals surface area contributed by atoms with Crippen molar-refractivity contribution in [2.75, 3.05) is 66.2 Å². The molecule has 0 radical (unpaired) electrons. The Morgan fingerprint density at radius 1 is 1.27 bits per heavy atom. The summed E-state index contributed by atoms with van der Waals surface area (Å²) in [6.45, 7) is 10.1. The van der Waals surface area contributed by atoms with Crippen molar-refractivity contribution in [2.45, 2.75) is 32.2 Å². The van der Waals surface area contributed by atoms with Gasteiger partial charge in [-0.2, -0.15) is 0 Å². The lowest BCUT2D eigenvalue weighted by Gasteiger charge is -2.28. The van der Waals surface area contributed by atoms with E-state index in [4.69, 9.17) is 26.1 Å². The summed E-state index contributed by atoms with van der Waals surface area (Å²) >= 11 is 6.29. The fraction of sp³-hybridized carbons (Fsp3) is 0.696. The average Bonchev–Trinajstić information content (AvgIpc) is 3.43. The summed E-state index contributed by atoms with van der Waals surface area (Å²) in [7, 11) is 1.71. The number of guanidine groups is 1. The molecule has 6 nitrogen and oxygen atoms in total. The van der Waals surface area contributed by atoms with Gasteiger partial charge in [-0.3, -0.25) is 9.89 Å². The summed E-state index contributed by atoms with van der Waals surface area (Å²) in [6.07, 6.45) is 3.66. The second kappa shape index (κ2) is 12.5. The van der Waals surface area contributed by atoms with Crippen LogP contribution in [0.3, 0.4) is 0 Å². The van der Waals surface area contributed by atoms with E-state index < -0.39 is 0 Å². The Labute approximate surface area is 186 Å². The van der Waals surface area contributed by atoms with Gasteiger partial charge in [-0.1, -0.05) is 23.7 Å². The molecule has 3 rings (SSSR count). The lowest BCUT2D eigenvalue weighted by atomic mass is 10.1.